The molecule has 2 atom stereocenters. The number of nitrogens with one attached hydrogen (secondary N) is 2. The summed E-state index contributed by atoms with van der Waals surface area (Å²) in [7, 11) is 0. The van der Waals surface area contributed by atoms with E-state index in [2.05, 4.69) is 15.6 Å². The molecule has 2 amide bonds. The molecule has 0 radical (unpaired) electrons. The molecule has 0 saturated carbocycles. The Morgan fingerprint density at radius 1 is 1.24 bits per heavy atom. The monoisotopic (exact) mass is 325 g/mol. The lowest BCUT2D eigenvalue weighted by molar-refractivity contribution is 0.0691. The summed E-state index contributed by atoms with van der Waals surface area (Å²) in [4.78, 5) is 27.7. The second-order valence-electron chi connectivity index (χ2n) is 4.45. The van der Waals surface area contributed by atoms with Crippen LogP contribution in [-0.2, 0) is 0 Å². The van der Waals surface area contributed by atoms with Crippen molar-refractivity contribution in [2.24, 2.45) is 0 Å². The maximum atomic E-state index is 11.9. The Morgan fingerprint density at radius 3 is 2.52 bits per heavy atom. The average molecular weight is 325 g/mol. The number of nitrogens with zero attached hydrogens (tertiary/aromatic N) is 1. The van der Waals surface area contributed by atoms with Gasteiger partial charge in [-0.15, -0.1) is 22.7 Å². The minimum absolute atomic E-state index is 0.00369. The van der Waals surface area contributed by atoms with Gasteiger partial charge >= 0.3 is 12.0 Å². The Balaban J connectivity index is 1.91. The van der Waals surface area contributed by atoms with Gasteiger partial charge in [0.05, 0.1) is 12.1 Å². The van der Waals surface area contributed by atoms with Crippen LogP contribution >= 0.6 is 22.7 Å². The Bertz CT molecular complexity index is 624. The smallest absolute Gasteiger partial charge is 0.355 e. The van der Waals surface area contributed by atoms with Gasteiger partial charge in [-0.3, -0.25) is 0 Å². The third-order valence-electron chi connectivity index (χ3n) is 2.78. The van der Waals surface area contributed by atoms with E-state index in [1.807, 2.05) is 24.4 Å². The first-order valence-corrected chi connectivity index (χ1v) is 8.02. The highest BCUT2D eigenvalue weighted by Gasteiger charge is 2.17. The van der Waals surface area contributed by atoms with Gasteiger partial charge in [0.15, 0.2) is 5.69 Å². The van der Waals surface area contributed by atoms with Crippen molar-refractivity contribution in [1.82, 2.24) is 15.6 Å². The van der Waals surface area contributed by atoms with Gasteiger partial charge in [-0.05, 0) is 25.3 Å². The van der Waals surface area contributed by atoms with Crippen LogP contribution in [0, 0.1) is 0 Å². The maximum absolute atomic E-state index is 11.9. The van der Waals surface area contributed by atoms with Crippen molar-refractivity contribution < 1.29 is 14.7 Å². The minimum Gasteiger partial charge on any atom is -0.476 e. The quantitative estimate of drug-likeness (QED) is 0.788. The van der Waals surface area contributed by atoms with Crippen LogP contribution in [0.4, 0.5) is 4.79 Å². The summed E-state index contributed by atoms with van der Waals surface area (Å²) in [5, 5.41) is 18.4. The molecule has 2 unspecified atom stereocenters. The maximum Gasteiger partial charge on any atom is 0.355 e. The van der Waals surface area contributed by atoms with Gasteiger partial charge in [0.2, 0.25) is 0 Å². The lowest BCUT2D eigenvalue weighted by Gasteiger charge is -2.16. The number of thiazole rings is 1. The number of hydrogen-bond donors (Lipinski definition) is 3. The molecule has 0 aliphatic carbocycles. The van der Waals surface area contributed by atoms with Gasteiger partial charge in [-0.25, -0.2) is 14.6 Å². The van der Waals surface area contributed by atoms with Crippen LogP contribution in [0.2, 0.25) is 0 Å². The molecule has 112 valence electrons. The Morgan fingerprint density at radius 2 is 1.95 bits per heavy atom. The summed E-state index contributed by atoms with van der Waals surface area (Å²) < 4.78 is 0. The fourth-order valence-corrected chi connectivity index (χ4v) is 3.22. The van der Waals surface area contributed by atoms with E-state index in [-0.39, 0.29) is 23.8 Å². The number of carbonyl (C=O) groups is 2. The van der Waals surface area contributed by atoms with Gasteiger partial charge in [0, 0.05) is 10.3 Å². The van der Waals surface area contributed by atoms with E-state index >= 15 is 0 Å². The SMILES string of the molecule is CC(NC(=O)NC(C)c1nc(C(=O)O)cs1)c1cccs1. The summed E-state index contributed by atoms with van der Waals surface area (Å²) in [6.07, 6.45) is 0. The first kappa shape index (κ1) is 15.5. The summed E-state index contributed by atoms with van der Waals surface area (Å²) in [5.41, 5.74) is -0.00369. The van der Waals surface area contributed by atoms with Gasteiger partial charge in [-0.2, -0.15) is 0 Å². The standard InChI is InChI=1S/C13H15N3O3S2/c1-7(10-4-3-5-20-10)14-13(19)15-8(2)11-16-9(6-21-11)12(17)18/h3-8H,1-2H3,(H,17,18)(H2,14,15,19). The minimum atomic E-state index is -1.07. The summed E-state index contributed by atoms with van der Waals surface area (Å²) in [6.45, 7) is 3.67. The van der Waals surface area contributed by atoms with Gasteiger partial charge < -0.3 is 15.7 Å². The number of carbonyl (C=O) groups excluding carboxylic acids is 1. The zero-order valence-electron chi connectivity index (χ0n) is 11.5. The lowest BCUT2D eigenvalue weighted by Crippen LogP contribution is -2.38. The fraction of sp³-hybridized carbons (Fsp3) is 0.308. The van der Waals surface area contributed by atoms with Crippen LogP contribution in [0.1, 0.15) is 46.3 Å². The van der Waals surface area contributed by atoms with Crippen molar-refractivity contribution in [2.45, 2.75) is 25.9 Å². The van der Waals surface area contributed by atoms with Crippen LogP contribution in [0.25, 0.3) is 0 Å². The molecule has 2 aromatic heterocycles. The predicted molar refractivity (Wildman–Crippen MR) is 81.9 cm³/mol. The molecule has 0 bridgehead atoms. The molecular formula is C13H15N3O3S2. The Hall–Kier alpha value is -1.93. The molecule has 3 N–H and O–H groups in total. The number of thiophene rings is 1. The van der Waals surface area contributed by atoms with Crippen molar-refractivity contribution in [3.63, 3.8) is 0 Å². The third-order valence-corrected chi connectivity index (χ3v) is 4.86. The molecule has 6 nitrogen and oxygen atoms in total. The second-order valence-corrected chi connectivity index (χ2v) is 6.32. The van der Waals surface area contributed by atoms with Gasteiger partial charge in [-0.1, -0.05) is 6.07 Å². The largest absolute Gasteiger partial charge is 0.476 e. The zero-order chi connectivity index (χ0) is 15.4. The number of aromatic nitrogens is 1. The lowest BCUT2D eigenvalue weighted by atomic mass is 10.3. The number of aromatic carboxylic acids is 1. The molecule has 0 saturated heterocycles. The molecule has 21 heavy (non-hydrogen) atoms. The van der Waals surface area contributed by atoms with Crippen molar-refractivity contribution >= 4 is 34.7 Å². The van der Waals surface area contributed by atoms with Gasteiger partial charge in [0.1, 0.15) is 5.01 Å². The first-order chi connectivity index (χ1) is 9.97. The molecule has 8 heteroatoms. The molecule has 0 aromatic carbocycles. The number of carboxylic acid groups (broad SMARTS) is 1. The van der Waals surface area contributed by atoms with Crippen molar-refractivity contribution in [3.8, 4) is 0 Å². The van der Waals surface area contributed by atoms with Crippen LogP contribution in [0.5, 0.6) is 0 Å². The molecule has 0 aliphatic rings. The number of amides is 2. The highest BCUT2D eigenvalue weighted by molar-refractivity contribution is 7.10. The van der Waals surface area contributed by atoms with E-state index < -0.39 is 5.97 Å². The first-order valence-electron chi connectivity index (χ1n) is 6.26. The molecule has 2 aromatic rings. The van der Waals surface area contributed by atoms with Crippen LogP contribution in [-0.4, -0.2) is 22.1 Å². The van der Waals surface area contributed by atoms with Crippen LogP contribution in [0.3, 0.4) is 0 Å². The van der Waals surface area contributed by atoms with E-state index in [0.29, 0.717) is 5.01 Å². The van der Waals surface area contributed by atoms with E-state index in [1.165, 1.54) is 16.7 Å². The molecule has 0 aliphatic heterocycles. The average Bonchev–Trinajstić information content (AvgIpc) is 3.10. The second kappa shape index (κ2) is 6.68. The molecule has 0 fully saturated rings. The van der Waals surface area contributed by atoms with Gasteiger partial charge in [0.25, 0.3) is 0 Å². The molecule has 0 spiro atoms. The third kappa shape index (κ3) is 4.02. The predicted octanol–water partition coefficient (Wildman–Crippen LogP) is 3.02. The van der Waals surface area contributed by atoms with E-state index in [4.69, 9.17) is 5.11 Å². The highest BCUT2D eigenvalue weighted by Crippen LogP contribution is 2.20. The summed E-state index contributed by atoms with van der Waals surface area (Å²) >= 11 is 2.79. The number of hydrogen-bond acceptors (Lipinski definition) is 5. The molecule has 2 rings (SSSR count). The van der Waals surface area contributed by atoms with E-state index in [0.717, 1.165) is 4.88 Å². The Kier molecular flexibility index (Phi) is 4.92. The number of urea groups is 1. The molecule has 2 heterocycles. The van der Waals surface area contributed by atoms with Crippen LogP contribution in [0.15, 0.2) is 22.9 Å². The topological polar surface area (TPSA) is 91.3 Å². The van der Waals surface area contributed by atoms with Crippen molar-refractivity contribution in [1.29, 1.82) is 0 Å². The highest BCUT2D eigenvalue weighted by atomic mass is 32.1. The van der Waals surface area contributed by atoms with E-state index in [9.17, 15) is 9.59 Å². The number of carboxylic acids is 1. The fourth-order valence-electron chi connectivity index (χ4n) is 1.69. The van der Waals surface area contributed by atoms with Crippen molar-refractivity contribution in [2.75, 3.05) is 0 Å². The normalized spacial score (nSPS) is 13.4. The summed E-state index contributed by atoms with van der Waals surface area (Å²) in [5.74, 6) is -1.07. The van der Waals surface area contributed by atoms with E-state index in [1.54, 1.807) is 18.3 Å². The van der Waals surface area contributed by atoms with Crippen molar-refractivity contribution in [3.05, 3.63) is 38.5 Å². The summed E-state index contributed by atoms with van der Waals surface area (Å²) in [6, 6.07) is 3.15. The molecular weight excluding hydrogens is 310 g/mol. The zero-order valence-corrected chi connectivity index (χ0v) is 13.1. The number of rotatable bonds is 5. The Labute approximate surface area is 129 Å². The van der Waals surface area contributed by atoms with Crippen LogP contribution < -0.4 is 10.6 Å².